The maximum absolute atomic E-state index is 12.1. The molecule has 7 nitrogen and oxygen atoms in total. The number of carbonyl (C=O) groups excluding carboxylic acids is 2. The molecule has 0 aromatic carbocycles. The predicted octanol–water partition coefficient (Wildman–Crippen LogP) is 1.65. The van der Waals surface area contributed by atoms with Crippen LogP contribution in [0.2, 0.25) is 0 Å². The number of alkyl carbamates (subject to hydrolysis) is 1. The van der Waals surface area contributed by atoms with Crippen LogP contribution in [0, 0.1) is 0 Å². The normalized spacial score (nSPS) is 20.0. The number of hydrogen-bond donors (Lipinski definition) is 2. The summed E-state index contributed by atoms with van der Waals surface area (Å²) in [5, 5.41) is 10.8. The largest absolute Gasteiger partial charge is 0.479 e. The lowest BCUT2D eigenvalue weighted by Gasteiger charge is -2.23. The molecule has 2 N–H and O–H groups in total. The fraction of sp³-hybridized carbons (Fsp3) is 0.750. The van der Waals surface area contributed by atoms with Crippen LogP contribution in [0.25, 0.3) is 0 Å². The van der Waals surface area contributed by atoms with E-state index < -0.39 is 27.1 Å². The standard InChI is InChI=1S/C12H19IN2O5S/c1-12(2,3)20-11(19)14-7(13)6-8(16)15-4-5-21-9(15)10(17)18/h7,9H,4-6H2,1-3H3,(H,14,19)(H,17,18). The van der Waals surface area contributed by atoms with Crippen LogP contribution in [0.1, 0.15) is 27.2 Å². The Morgan fingerprint density at radius 2 is 2.10 bits per heavy atom. The molecule has 0 saturated carbocycles. The van der Waals surface area contributed by atoms with Gasteiger partial charge in [0.15, 0.2) is 5.37 Å². The molecule has 2 unspecified atom stereocenters. The molecule has 1 aliphatic heterocycles. The second-order valence-electron chi connectivity index (χ2n) is 5.47. The summed E-state index contributed by atoms with van der Waals surface area (Å²) in [5.74, 6) is -0.701. The van der Waals surface area contributed by atoms with Crippen molar-refractivity contribution in [3.8, 4) is 0 Å². The topological polar surface area (TPSA) is 95.9 Å². The summed E-state index contributed by atoms with van der Waals surface area (Å²) in [4.78, 5) is 36.0. The summed E-state index contributed by atoms with van der Waals surface area (Å²) in [5.41, 5.74) is -0.607. The number of hydrogen-bond acceptors (Lipinski definition) is 5. The first-order valence-corrected chi connectivity index (χ1v) is 8.67. The molecule has 120 valence electrons. The zero-order valence-electron chi connectivity index (χ0n) is 12.1. The van der Waals surface area contributed by atoms with Gasteiger partial charge in [-0.05, 0) is 20.8 Å². The SMILES string of the molecule is CC(C)(C)OC(=O)NC(I)CC(=O)N1CCSC1C(=O)O. The molecule has 9 heteroatoms. The Balaban J connectivity index is 2.47. The second-order valence-corrected chi connectivity index (χ2v) is 8.16. The lowest BCUT2D eigenvalue weighted by atomic mass is 10.2. The van der Waals surface area contributed by atoms with E-state index in [0.29, 0.717) is 12.3 Å². The lowest BCUT2D eigenvalue weighted by Crippen LogP contribution is -2.43. The van der Waals surface area contributed by atoms with E-state index in [4.69, 9.17) is 9.84 Å². The van der Waals surface area contributed by atoms with Crippen molar-refractivity contribution in [2.45, 2.75) is 42.2 Å². The number of aliphatic carboxylic acids is 1. The van der Waals surface area contributed by atoms with E-state index >= 15 is 0 Å². The van der Waals surface area contributed by atoms with Gasteiger partial charge in [0.2, 0.25) is 5.91 Å². The van der Waals surface area contributed by atoms with Crippen LogP contribution in [0.4, 0.5) is 4.79 Å². The van der Waals surface area contributed by atoms with E-state index in [0.717, 1.165) is 0 Å². The molecule has 0 radical (unpaired) electrons. The number of nitrogens with one attached hydrogen (secondary N) is 1. The first kappa shape index (κ1) is 18.3. The number of carbonyl (C=O) groups is 3. The van der Waals surface area contributed by atoms with E-state index in [9.17, 15) is 14.4 Å². The van der Waals surface area contributed by atoms with Crippen molar-refractivity contribution in [2.24, 2.45) is 0 Å². The summed E-state index contributed by atoms with van der Waals surface area (Å²) < 4.78 is 4.64. The number of amides is 2. The van der Waals surface area contributed by atoms with Gasteiger partial charge in [0.05, 0.1) is 10.5 Å². The molecule has 0 aromatic rings. The van der Waals surface area contributed by atoms with Crippen LogP contribution in [0.5, 0.6) is 0 Å². The Labute approximate surface area is 141 Å². The van der Waals surface area contributed by atoms with Gasteiger partial charge in [0.1, 0.15) is 5.60 Å². The Hall–Kier alpha value is -0.710. The molecule has 0 bridgehead atoms. The third-order valence-electron chi connectivity index (χ3n) is 2.45. The molecule has 1 aliphatic rings. The summed E-state index contributed by atoms with van der Waals surface area (Å²) >= 11 is 3.15. The van der Waals surface area contributed by atoms with Gasteiger partial charge < -0.3 is 20.1 Å². The van der Waals surface area contributed by atoms with Crippen LogP contribution >= 0.6 is 34.4 Å². The third kappa shape index (κ3) is 6.29. The number of thioether (sulfide) groups is 1. The van der Waals surface area contributed by atoms with Crippen molar-refractivity contribution in [3.05, 3.63) is 0 Å². The maximum Gasteiger partial charge on any atom is 0.408 e. The summed E-state index contributed by atoms with van der Waals surface area (Å²) in [6.45, 7) is 5.66. The fourth-order valence-corrected chi connectivity index (χ4v) is 3.39. The zero-order valence-corrected chi connectivity index (χ0v) is 15.1. The first-order valence-electron chi connectivity index (χ1n) is 6.37. The molecule has 1 rings (SSSR count). The van der Waals surface area contributed by atoms with E-state index in [1.54, 1.807) is 20.8 Å². The number of ether oxygens (including phenoxy) is 1. The van der Waals surface area contributed by atoms with Gasteiger partial charge in [0.25, 0.3) is 0 Å². The van der Waals surface area contributed by atoms with Crippen LogP contribution in [0.15, 0.2) is 0 Å². The zero-order chi connectivity index (χ0) is 16.2. The average Bonchev–Trinajstić information content (AvgIpc) is 2.73. The van der Waals surface area contributed by atoms with Gasteiger partial charge in [0, 0.05) is 12.3 Å². The monoisotopic (exact) mass is 430 g/mol. The number of carboxylic acid groups (broad SMARTS) is 1. The van der Waals surface area contributed by atoms with Crippen LogP contribution in [-0.2, 0) is 14.3 Å². The van der Waals surface area contributed by atoms with Gasteiger partial charge in [-0.15, -0.1) is 11.8 Å². The molecule has 2 atom stereocenters. The van der Waals surface area contributed by atoms with Gasteiger partial charge in [-0.1, -0.05) is 22.6 Å². The van der Waals surface area contributed by atoms with E-state index in [1.807, 2.05) is 22.6 Å². The molecule has 0 aromatic heterocycles. The summed E-state index contributed by atoms with van der Waals surface area (Å²) in [6.07, 6.45) is -0.565. The second kappa shape index (κ2) is 7.52. The molecule has 1 heterocycles. The molecule has 0 spiro atoms. The maximum atomic E-state index is 12.1. The van der Waals surface area contributed by atoms with E-state index in [2.05, 4.69) is 5.32 Å². The van der Waals surface area contributed by atoms with Crippen LogP contribution in [0.3, 0.4) is 0 Å². The fourth-order valence-electron chi connectivity index (χ4n) is 1.69. The van der Waals surface area contributed by atoms with Gasteiger partial charge in [-0.2, -0.15) is 0 Å². The van der Waals surface area contributed by atoms with Crippen molar-refractivity contribution < 1.29 is 24.2 Å². The minimum atomic E-state index is -1.02. The highest BCUT2D eigenvalue weighted by atomic mass is 127. The van der Waals surface area contributed by atoms with Gasteiger partial charge >= 0.3 is 12.1 Å². The Bertz CT molecular complexity index is 426. The van der Waals surface area contributed by atoms with E-state index in [1.165, 1.54) is 16.7 Å². The van der Waals surface area contributed by atoms with Gasteiger partial charge in [-0.25, -0.2) is 9.59 Å². The highest BCUT2D eigenvalue weighted by molar-refractivity contribution is 14.1. The Morgan fingerprint density at radius 3 is 2.62 bits per heavy atom. The summed E-state index contributed by atoms with van der Waals surface area (Å²) in [6, 6.07) is 0. The predicted molar refractivity (Wildman–Crippen MR) is 87.4 cm³/mol. The molecule has 1 fully saturated rings. The molecule has 21 heavy (non-hydrogen) atoms. The lowest BCUT2D eigenvalue weighted by molar-refractivity contribution is -0.145. The number of nitrogens with zero attached hydrogens (tertiary/aromatic N) is 1. The third-order valence-corrected chi connectivity index (χ3v) is 4.39. The highest BCUT2D eigenvalue weighted by Gasteiger charge is 2.35. The molecular weight excluding hydrogens is 411 g/mol. The molecule has 1 saturated heterocycles. The van der Waals surface area contributed by atoms with Crippen molar-refractivity contribution in [2.75, 3.05) is 12.3 Å². The Morgan fingerprint density at radius 1 is 1.48 bits per heavy atom. The van der Waals surface area contributed by atoms with Crippen molar-refractivity contribution >= 4 is 52.3 Å². The van der Waals surface area contributed by atoms with Crippen molar-refractivity contribution in [1.29, 1.82) is 0 Å². The minimum Gasteiger partial charge on any atom is -0.479 e. The number of carboxylic acids is 1. The van der Waals surface area contributed by atoms with Gasteiger partial charge in [-0.3, -0.25) is 4.79 Å². The molecule has 2 amide bonds. The van der Waals surface area contributed by atoms with Crippen LogP contribution < -0.4 is 5.32 Å². The summed E-state index contributed by atoms with van der Waals surface area (Å²) in [7, 11) is 0. The molecule has 0 aliphatic carbocycles. The first-order chi connectivity index (χ1) is 9.60. The number of rotatable bonds is 4. The molecular formula is C12H19IN2O5S. The van der Waals surface area contributed by atoms with Crippen molar-refractivity contribution in [1.82, 2.24) is 10.2 Å². The highest BCUT2D eigenvalue weighted by Crippen LogP contribution is 2.25. The van der Waals surface area contributed by atoms with Crippen molar-refractivity contribution in [3.63, 3.8) is 0 Å². The minimum absolute atomic E-state index is 0.0319. The number of alkyl halides is 1. The number of halogens is 1. The smallest absolute Gasteiger partial charge is 0.408 e. The Kier molecular flexibility index (Phi) is 6.57. The van der Waals surface area contributed by atoms with Crippen LogP contribution in [-0.4, -0.2) is 55.3 Å². The average molecular weight is 430 g/mol. The quantitative estimate of drug-likeness (QED) is 0.400. The van der Waals surface area contributed by atoms with E-state index in [-0.39, 0.29) is 12.3 Å².